The molecule has 1 spiro atoms. The van der Waals surface area contributed by atoms with Crippen molar-refractivity contribution in [2.45, 2.75) is 44.7 Å². The fourth-order valence-electron chi connectivity index (χ4n) is 3.14. The minimum absolute atomic E-state index is 0.0966. The van der Waals surface area contributed by atoms with Gasteiger partial charge in [-0.2, -0.15) is 0 Å². The number of carbonyl (C=O) groups is 1. The van der Waals surface area contributed by atoms with Gasteiger partial charge in [0, 0.05) is 32.1 Å². The zero-order valence-electron chi connectivity index (χ0n) is 10.1. The first-order valence-electron chi connectivity index (χ1n) is 6.05. The Labute approximate surface area is 92.4 Å². The van der Waals surface area contributed by atoms with Crippen molar-refractivity contribution in [1.29, 1.82) is 0 Å². The molecule has 0 atom stereocenters. The molecule has 0 aliphatic carbocycles. The Kier molecular flexibility index (Phi) is 2.86. The summed E-state index contributed by atoms with van der Waals surface area (Å²) in [5, 5.41) is 0. The van der Waals surface area contributed by atoms with Crippen LogP contribution in [0.2, 0.25) is 0 Å². The van der Waals surface area contributed by atoms with Crippen molar-refractivity contribution in [1.82, 2.24) is 9.80 Å². The number of ketones is 1. The third-order valence-electron chi connectivity index (χ3n) is 4.09. The van der Waals surface area contributed by atoms with Crippen molar-refractivity contribution in [3.05, 3.63) is 0 Å². The average Bonchev–Trinajstić information content (AvgIpc) is 2.50. The van der Waals surface area contributed by atoms with Crippen molar-refractivity contribution < 1.29 is 4.79 Å². The van der Waals surface area contributed by atoms with E-state index in [4.69, 9.17) is 0 Å². The second-order valence-corrected chi connectivity index (χ2v) is 5.30. The number of hydrogen-bond acceptors (Lipinski definition) is 3. The van der Waals surface area contributed by atoms with Crippen LogP contribution in [-0.2, 0) is 4.79 Å². The molecule has 0 bridgehead atoms. The lowest BCUT2D eigenvalue weighted by molar-refractivity contribution is -0.128. The first-order valence-corrected chi connectivity index (χ1v) is 6.05. The predicted molar refractivity (Wildman–Crippen MR) is 60.9 cm³/mol. The van der Waals surface area contributed by atoms with E-state index < -0.39 is 0 Å². The van der Waals surface area contributed by atoms with Crippen LogP contribution in [0.1, 0.15) is 33.1 Å². The Morgan fingerprint density at radius 2 is 1.80 bits per heavy atom. The number of Topliss-reactive ketones (excluding diaryl/α,β-unsaturated/α-hetero) is 1. The van der Waals surface area contributed by atoms with Gasteiger partial charge in [0.1, 0.15) is 0 Å². The van der Waals surface area contributed by atoms with E-state index in [0.29, 0.717) is 11.8 Å². The Hall–Kier alpha value is -0.410. The number of rotatable bonds is 1. The molecular formula is C12H22N2O. The van der Waals surface area contributed by atoms with Gasteiger partial charge < -0.3 is 4.90 Å². The zero-order valence-corrected chi connectivity index (χ0v) is 10.1. The van der Waals surface area contributed by atoms with Crippen LogP contribution in [0.25, 0.3) is 0 Å². The number of carbonyl (C=O) groups excluding carboxylic acids is 1. The maximum atomic E-state index is 12.1. The van der Waals surface area contributed by atoms with E-state index >= 15 is 0 Å². The van der Waals surface area contributed by atoms with E-state index in [1.54, 1.807) is 0 Å². The summed E-state index contributed by atoms with van der Waals surface area (Å²) in [5.74, 6) is 0.490. The molecule has 86 valence electrons. The van der Waals surface area contributed by atoms with E-state index in [0.717, 1.165) is 38.9 Å². The highest BCUT2D eigenvalue weighted by Gasteiger charge is 2.49. The van der Waals surface area contributed by atoms with Crippen molar-refractivity contribution in [3.63, 3.8) is 0 Å². The van der Waals surface area contributed by atoms with Crippen LogP contribution < -0.4 is 0 Å². The smallest absolute Gasteiger partial charge is 0.154 e. The lowest BCUT2D eigenvalue weighted by Crippen LogP contribution is -2.56. The highest BCUT2D eigenvalue weighted by atomic mass is 16.1. The van der Waals surface area contributed by atoms with Crippen molar-refractivity contribution in [2.24, 2.45) is 0 Å². The highest BCUT2D eigenvalue weighted by molar-refractivity contribution is 5.90. The molecule has 0 amide bonds. The lowest BCUT2D eigenvalue weighted by Gasteiger charge is -2.44. The van der Waals surface area contributed by atoms with Gasteiger partial charge in [-0.3, -0.25) is 9.69 Å². The second-order valence-electron chi connectivity index (χ2n) is 5.30. The van der Waals surface area contributed by atoms with E-state index in [2.05, 4.69) is 30.7 Å². The minimum atomic E-state index is -0.0966. The molecule has 0 N–H and O–H groups in total. The second kappa shape index (κ2) is 3.87. The van der Waals surface area contributed by atoms with Gasteiger partial charge in [0.05, 0.1) is 5.54 Å². The normalized spacial score (nSPS) is 28.1. The molecule has 15 heavy (non-hydrogen) atoms. The largest absolute Gasteiger partial charge is 0.306 e. The number of likely N-dealkylation sites (tertiary alicyclic amines) is 2. The van der Waals surface area contributed by atoms with Crippen LogP contribution in [0.5, 0.6) is 0 Å². The molecule has 0 aromatic rings. The molecule has 0 saturated carbocycles. The van der Waals surface area contributed by atoms with Gasteiger partial charge in [-0.15, -0.1) is 0 Å². The Morgan fingerprint density at radius 3 is 2.33 bits per heavy atom. The van der Waals surface area contributed by atoms with Gasteiger partial charge in [-0.05, 0) is 33.7 Å². The third kappa shape index (κ3) is 1.72. The summed E-state index contributed by atoms with van der Waals surface area (Å²) >= 11 is 0. The maximum Gasteiger partial charge on any atom is 0.154 e. The fraction of sp³-hybridized carbons (Fsp3) is 0.917. The number of nitrogens with zero attached hydrogens (tertiary/aromatic N) is 2. The van der Waals surface area contributed by atoms with Crippen molar-refractivity contribution in [2.75, 3.05) is 26.7 Å². The number of piperidine rings is 1. The SMILES string of the molecule is CC(C)N1CCC(=O)C12CCN(C)CC2. The first-order chi connectivity index (χ1) is 7.06. The summed E-state index contributed by atoms with van der Waals surface area (Å²) in [6, 6.07) is 0.500. The molecule has 2 aliphatic heterocycles. The van der Waals surface area contributed by atoms with E-state index in [9.17, 15) is 4.79 Å². The van der Waals surface area contributed by atoms with Crippen LogP contribution >= 0.6 is 0 Å². The van der Waals surface area contributed by atoms with Gasteiger partial charge in [0.15, 0.2) is 5.78 Å². The van der Waals surface area contributed by atoms with Crippen LogP contribution in [0.4, 0.5) is 0 Å². The summed E-state index contributed by atoms with van der Waals surface area (Å²) in [4.78, 5) is 16.9. The molecule has 2 rings (SSSR count). The van der Waals surface area contributed by atoms with Crippen LogP contribution in [0.3, 0.4) is 0 Å². The van der Waals surface area contributed by atoms with Gasteiger partial charge in [-0.25, -0.2) is 0 Å². The number of hydrogen-bond donors (Lipinski definition) is 0. The van der Waals surface area contributed by atoms with Gasteiger partial charge in [0.2, 0.25) is 0 Å². The van der Waals surface area contributed by atoms with Crippen LogP contribution in [0, 0.1) is 0 Å². The lowest BCUT2D eigenvalue weighted by atomic mass is 9.83. The molecule has 0 aromatic heterocycles. The van der Waals surface area contributed by atoms with E-state index in [1.807, 2.05) is 0 Å². The third-order valence-corrected chi connectivity index (χ3v) is 4.09. The molecule has 2 fully saturated rings. The summed E-state index contributed by atoms with van der Waals surface area (Å²) in [6.45, 7) is 7.52. The first kappa shape index (κ1) is 11.1. The topological polar surface area (TPSA) is 23.6 Å². The fourth-order valence-corrected chi connectivity index (χ4v) is 3.14. The highest BCUT2D eigenvalue weighted by Crippen LogP contribution is 2.36. The van der Waals surface area contributed by atoms with Crippen LogP contribution in [-0.4, -0.2) is 53.8 Å². The predicted octanol–water partition coefficient (Wildman–Crippen LogP) is 1.13. The summed E-state index contributed by atoms with van der Waals surface area (Å²) in [5.41, 5.74) is -0.0966. The zero-order chi connectivity index (χ0) is 11.1. The molecule has 0 unspecified atom stereocenters. The van der Waals surface area contributed by atoms with E-state index in [1.165, 1.54) is 0 Å². The molecule has 2 heterocycles. The summed E-state index contributed by atoms with van der Waals surface area (Å²) in [7, 11) is 2.14. The quantitative estimate of drug-likeness (QED) is 0.648. The minimum Gasteiger partial charge on any atom is -0.306 e. The summed E-state index contributed by atoms with van der Waals surface area (Å²) in [6.07, 6.45) is 2.82. The summed E-state index contributed by atoms with van der Waals surface area (Å²) < 4.78 is 0. The maximum absolute atomic E-state index is 12.1. The standard InChI is InChI=1S/C12H22N2O/c1-10(2)14-7-4-11(15)12(14)5-8-13(3)9-6-12/h10H,4-9H2,1-3H3. The average molecular weight is 210 g/mol. The molecular weight excluding hydrogens is 188 g/mol. The Bertz CT molecular complexity index is 254. The van der Waals surface area contributed by atoms with Gasteiger partial charge >= 0.3 is 0 Å². The molecule has 2 aliphatic rings. The van der Waals surface area contributed by atoms with Gasteiger partial charge in [0.25, 0.3) is 0 Å². The molecule has 0 radical (unpaired) electrons. The molecule has 0 aromatic carbocycles. The van der Waals surface area contributed by atoms with Crippen LogP contribution in [0.15, 0.2) is 0 Å². The molecule has 3 heteroatoms. The monoisotopic (exact) mass is 210 g/mol. The van der Waals surface area contributed by atoms with Crippen molar-refractivity contribution >= 4 is 5.78 Å². The Balaban J connectivity index is 2.19. The van der Waals surface area contributed by atoms with Crippen molar-refractivity contribution in [3.8, 4) is 0 Å². The van der Waals surface area contributed by atoms with E-state index in [-0.39, 0.29) is 5.54 Å². The molecule has 2 saturated heterocycles. The van der Waals surface area contributed by atoms with Gasteiger partial charge in [-0.1, -0.05) is 0 Å². The Morgan fingerprint density at radius 1 is 1.20 bits per heavy atom. The molecule has 3 nitrogen and oxygen atoms in total.